The molecule has 9 atom stereocenters. The molecule has 1 aliphatic heterocycles. The van der Waals surface area contributed by atoms with Crippen molar-refractivity contribution < 1.29 is 48.3 Å². The predicted octanol–water partition coefficient (Wildman–Crippen LogP) is -5.83. The van der Waals surface area contributed by atoms with Crippen LogP contribution in [0.15, 0.2) is 35.3 Å². The number of aliphatic hydroxyl groups excluding tert-OH is 1. The maximum atomic E-state index is 14.3. The summed E-state index contributed by atoms with van der Waals surface area (Å²) in [5.41, 5.74) is 29.0. The standard InChI is InChI=1S/C43H73N15O10/c1-23(2)21-32-40(66)54-28(12-16-44)36(62)53-30(14-18-46)39(65)58-34(24(3)59)42(68)49-20-15-31(55-35(61)27(51-25(4)60)11-8-19-50-43(47)48)38(64)52-29(13-17-45)37(63)57-33(41(67)56-32)22-26-9-6-5-7-10-26/h5-7,9-10,23-24,27-34,59H,8,11-22,44-46H2,1-4H3,(H,49,68)(H,51,60)(H,52,64)(H,53,62)(H,54,66)(H,55,61)(H,56,67)(H,57,63)(H,58,65)(H4,47,48,50)/t24-,27+,28+,29+,30+,31+,32+,33-,34+/m1/s1. The molecule has 0 aromatic heterocycles. The maximum Gasteiger partial charge on any atom is 0.245 e. The molecular weight excluding hydrogens is 887 g/mol. The maximum absolute atomic E-state index is 14.3. The molecule has 9 amide bonds. The van der Waals surface area contributed by atoms with Gasteiger partial charge in [-0.25, -0.2) is 0 Å². The molecule has 1 fully saturated rings. The van der Waals surface area contributed by atoms with E-state index in [4.69, 9.17) is 28.7 Å². The summed E-state index contributed by atoms with van der Waals surface area (Å²) in [4.78, 5) is 127. The first kappa shape index (κ1) is 57.7. The number of aliphatic hydroxyl groups is 1. The van der Waals surface area contributed by atoms with Crippen LogP contribution in [0.5, 0.6) is 0 Å². The van der Waals surface area contributed by atoms with Gasteiger partial charge in [-0.3, -0.25) is 48.1 Å². The van der Waals surface area contributed by atoms with Gasteiger partial charge in [-0.2, -0.15) is 0 Å². The van der Waals surface area contributed by atoms with Crippen molar-refractivity contribution in [2.24, 2.45) is 39.6 Å². The van der Waals surface area contributed by atoms with E-state index in [1.165, 1.54) is 13.8 Å². The number of amides is 9. The van der Waals surface area contributed by atoms with Crippen molar-refractivity contribution in [2.75, 3.05) is 32.7 Å². The van der Waals surface area contributed by atoms with Crippen LogP contribution in [-0.2, 0) is 49.6 Å². The molecule has 1 aliphatic rings. The minimum atomic E-state index is -1.61. The van der Waals surface area contributed by atoms with Crippen molar-refractivity contribution in [1.82, 2.24) is 47.9 Å². The Hall–Kier alpha value is -6.44. The van der Waals surface area contributed by atoms with E-state index in [-0.39, 0.29) is 96.0 Å². The number of benzene rings is 1. The number of rotatable bonds is 18. The highest BCUT2D eigenvalue weighted by molar-refractivity contribution is 5.98. The number of carbonyl (C=O) groups excluding carboxylic acids is 9. The lowest BCUT2D eigenvalue weighted by Crippen LogP contribution is -2.61. The summed E-state index contributed by atoms with van der Waals surface area (Å²) in [5.74, 6) is -7.73. The highest BCUT2D eigenvalue weighted by Gasteiger charge is 2.36. The lowest BCUT2D eigenvalue weighted by molar-refractivity contribution is -0.136. The first-order valence-corrected chi connectivity index (χ1v) is 22.8. The van der Waals surface area contributed by atoms with Crippen molar-refractivity contribution in [2.45, 2.75) is 134 Å². The molecule has 1 aromatic carbocycles. The molecule has 25 heteroatoms. The van der Waals surface area contributed by atoms with Crippen LogP contribution < -0.4 is 76.5 Å². The van der Waals surface area contributed by atoms with Crippen LogP contribution in [0.4, 0.5) is 0 Å². The zero-order valence-corrected chi connectivity index (χ0v) is 39.3. The number of hydrogen-bond donors (Lipinski definition) is 15. The van der Waals surface area contributed by atoms with Gasteiger partial charge in [0.1, 0.15) is 48.3 Å². The third kappa shape index (κ3) is 20.6. The molecule has 68 heavy (non-hydrogen) atoms. The first-order valence-electron chi connectivity index (χ1n) is 22.8. The van der Waals surface area contributed by atoms with Gasteiger partial charge in [-0.15, -0.1) is 0 Å². The van der Waals surface area contributed by atoms with Crippen molar-refractivity contribution in [3.8, 4) is 0 Å². The quantitative estimate of drug-likeness (QED) is 0.0370. The predicted molar refractivity (Wildman–Crippen MR) is 251 cm³/mol. The number of carbonyl (C=O) groups is 9. The smallest absolute Gasteiger partial charge is 0.245 e. The monoisotopic (exact) mass is 960 g/mol. The van der Waals surface area contributed by atoms with Gasteiger partial charge in [0.2, 0.25) is 53.2 Å². The molecule has 1 aromatic rings. The Kier molecular flexibility index (Phi) is 25.5. The number of nitrogens with zero attached hydrogens (tertiary/aromatic N) is 1. The fourth-order valence-electron chi connectivity index (χ4n) is 7.10. The summed E-state index contributed by atoms with van der Waals surface area (Å²) in [6, 6.07) is -2.31. The molecule has 20 N–H and O–H groups in total. The lowest BCUT2D eigenvalue weighted by atomic mass is 10.00. The van der Waals surface area contributed by atoms with Crippen molar-refractivity contribution in [1.29, 1.82) is 0 Å². The minimum Gasteiger partial charge on any atom is -0.391 e. The second kappa shape index (κ2) is 30.0. The minimum absolute atomic E-state index is 0.0328. The molecule has 1 saturated heterocycles. The van der Waals surface area contributed by atoms with Crippen LogP contribution >= 0.6 is 0 Å². The Labute approximate surface area is 396 Å². The fourth-order valence-corrected chi connectivity index (χ4v) is 7.10. The average molecular weight is 960 g/mol. The van der Waals surface area contributed by atoms with Crippen molar-refractivity contribution in [3.05, 3.63) is 35.9 Å². The number of nitrogens with two attached hydrogens (primary N) is 5. The number of hydrogen-bond acceptors (Lipinski definition) is 14. The van der Waals surface area contributed by atoms with E-state index >= 15 is 0 Å². The Bertz CT molecular complexity index is 1880. The second-order valence-corrected chi connectivity index (χ2v) is 16.9. The van der Waals surface area contributed by atoms with Gasteiger partial charge >= 0.3 is 0 Å². The summed E-state index contributed by atoms with van der Waals surface area (Å²) in [6.07, 6.45) is -1.94. The molecule has 0 bridgehead atoms. The molecule has 0 unspecified atom stereocenters. The van der Waals surface area contributed by atoms with Gasteiger partial charge < -0.3 is 81.6 Å². The zero-order chi connectivity index (χ0) is 50.9. The lowest BCUT2D eigenvalue weighted by Gasteiger charge is -2.28. The van der Waals surface area contributed by atoms with Crippen LogP contribution in [0.3, 0.4) is 0 Å². The number of aliphatic imine (C=N–C) groups is 1. The van der Waals surface area contributed by atoms with Gasteiger partial charge in [0.05, 0.1) is 6.10 Å². The van der Waals surface area contributed by atoms with Crippen LogP contribution in [0, 0.1) is 5.92 Å². The van der Waals surface area contributed by atoms with Crippen molar-refractivity contribution >= 4 is 59.1 Å². The Morgan fingerprint density at radius 2 is 1.19 bits per heavy atom. The Balaban J connectivity index is 2.73. The van der Waals surface area contributed by atoms with Gasteiger partial charge in [0.25, 0.3) is 0 Å². The molecule has 2 rings (SSSR count). The van der Waals surface area contributed by atoms with Gasteiger partial charge in [0.15, 0.2) is 5.96 Å². The highest BCUT2D eigenvalue weighted by Crippen LogP contribution is 2.11. The van der Waals surface area contributed by atoms with E-state index in [1.807, 2.05) is 0 Å². The third-order valence-corrected chi connectivity index (χ3v) is 10.6. The van der Waals surface area contributed by atoms with Crippen molar-refractivity contribution in [3.63, 3.8) is 0 Å². The molecule has 1 heterocycles. The van der Waals surface area contributed by atoms with E-state index in [0.29, 0.717) is 5.56 Å². The topological polar surface area (TPSA) is 425 Å². The highest BCUT2D eigenvalue weighted by atomic mass is 16.3. The average Bonchev–Trinajstić information content (AvgIpc) is 3.27. The summed E-state index contributed by atoms with van der Waals surface area (Å²) in [7, 11) is 0. The molecule has 380 valence electrons. The van der Waals surface area contributed by atoms with E-state index in [1.54, 1.807) is 44.2 Å². The largest absolute Gasteiger partial charge is 0.391 e. The molecule has 0 radical (unpaired) electrons. The van der Waals surface area contributed by atoms with Crippen LogP contribution in [0.2, 0.25) is 0 Å². The summed E-state index contributed by atoms with van der Waals surface area (Å²) >= 11 is 0. The Morgan fingerprint density at radius 3 is 1.69 bits per heavy atom. The fraction of sp³-hybridized carbons (Fsp3) is 0.628. The van der Waals surface area contributed by atoms with Crippen LogP contribution in [0.25, 0.3) is 0 Å². The summed E-state index contributed by atoms with van der Waals surface area (Å²) < 4.78 is 0. The molecular formula is C43H73N15O10. The second-order valence-electron chi connectivity index (χ2n) is 16.9. The molecule has 0 spiro atoms. The first-order chi connectivity index (χ1) is 32.2. The molecule has 25 nitrogen and oxygen atoms in total. The summed E-state index contributed by atoms with van der Waals surface area (Å²) in [6.45, 7) is 5.45. The van der Waals surface area contributed by atoms with E-state index in [2.05, 4.69) is 52.8 Å². The van der Waals surface area contributed by atoms with E-state index in [0.717, 1.165) is 0 Å². The number of nitrogens with one attached hydrogen (secondary N) is 9. The SMILES string of the molecule is CC(=O)N[C@@H](CCCN=C(N)N)C(=O)N[C@H]1CCNC(=O)[C@H]([C@@H](C)O)NC(=O)[C@H](CCN)NC(=O)[C@H](CCN)NC(=O)[C@H](CC(C)C)NC(=O)[C@@H](Cc2ccccc2)NC(=O)[C@H](CCN)NC1=O. The molecule has 0 aliphatic carbocycles. The van der Waals surface area contributed by atoms with Crippen LogP contribution in [0.1, 0.15) is 78.2 Å². The Morgan fingerprint density at radius 1 is 0.706 bits per heavy atom. The van der Waals surface area contributed by atoms with Gasteiger partial charge in [0, 0.05) is 26.4 Å². The third-order valence-electron chi connectivity index (χ3n) is 10.6. The number of guanidine groups is 1. The normalized spacial score (nSPS) is 23.8. The summed E-state index contributed by atoms with van der Waals surface area (Å²) in [5, 5.41) is 33.8. The molecule has 0 saturated carbocycles. The van der Waals surface area contributed by atoms with Crippen LogP contribution in [-0.4, -0.2) is 151 Å². The van der Waals surface area contributed by atoms with E-state index in [9.17, 15) is 48.3 Å². The van der Waals surface area contributed by atoms with E-state index < -0.39 is 108 Å². The zero-order valence-electron chi connectivity index (χ0n) is 39.3. The van der Waals surface area contributed by atoms with Gasteiger partial charge in [-0.1, -0.05) is 44.2 Å². The van der Waals surface area contributed by atoms with Gasteiger partial charge in [-0.05, 0) is 83.0 Å².